The first kappa shape index (κ1) is 17.7. The minimum atomic E-state index is -0.434. The highest BCUT2D eigenvalue weighted by molar-refractivity contribution is 7.15. The minimum absolute atomic E-state index is 0.202. The van der Waals surface area contributed by atoms with Crippen molar-refractivity contribution in [3.05, 3.63) is 47.0 Å². The molecular formula is C18H16BFN4O3S. The minimum Gasteiger partial charge on any atom is -0.455 e. The summed E-state index contributed by atoms with van der Waals surface area (Å²) in [6, 6.07) is 4.87. The number of ether oxygens (including phenoxy) is 1. The maximum Gasteiger partial charge on any atom is 0.356 e. The molecule has 0 saturated heterocycles. The van der Waals surface area contributed by atoms with Crippen LogP contribution in [0.1, 0.15) is 17.5 Å². The SMILES string of the molecule is [B]OOc1cc(F)ccc1-c1nc2c(s1)CN(C[C@@]1(C)Cn3ccnc3O1)C2. The van der Waals surface area contributed by atoms with Gasteiger partial charge in [-0.1, -0.05) is 0 Å². The average molecular weight is 398 g/mol. The Hall–Kier alpha value is -2.43. The Balaban J connectivity index is 1.31. The number of benzene rings is 1. The lowest BCUT2D eigenvalue weighted by atomic mass is 10.1. The summed E-state index contributed by atoms with van der Waals surface area (Å²) < 4.78 is 21.5. The first-order chi connectivity index (χ1) is 13.5. The molecule has 0 spiro atoms. The van der Waals surface area contributed by atoms with Crippen molar-refractivity contribution in [2.45, 2.75) is 32.2 Å². The number of hydrogen-bond donors (Lipinski definition) is 0. The molecule has 7 nitrogen and oxygen atoms in total. The summed E-state index contributed by atoms with van der Waals surface area (Å²) in [5.74, 6) is -0.232. The van der Waals surface area contributed by atoms with Crippen molar-refractivity contribution < 1.29 is 18.8 Å². The summed E-state index contributed by atoms with van der Waals surface area (Å²) in [4.78, 5) is 21.6. The zero-order valence-electron chi connectivity index (χ0n) is 15.1. The first-order valence-electron chi connectivity index (χ1n) is 8.77. The van der Waals surface area contributed by atoms with Gasteiger partial charge in [0.1, 0.15) is 16.4 Å². The van der Waals surface area contributed by atoms with E-state index in [2.05, 4.69) is 21.6 Å². The van der Waals surface area contributed by atoms with Crippen molar-refractivity contribution in [2.75, 3.05) is 6.54 Å². The molecule has 0 fully saturated rings. The quantitative estimate of drug-likeness (QED) is 0.374. The highest BCUT2D eigenvalue weighted by atomic mass is 32.1. The molecule has 2 aliphatic heterocycles. The van der Waals surface area contributed by atoms with Crippen LogP contribution < -0.4 is 9.62 Å². The predicted octanol–water partition coefficient (Wildman–Crippen LogP) is 2.71. The van der Waals surface area contributed by atoms with E-state index in [-0.39, 0.29) is 11.4 Å². The van der Waals surface area contributed by atoms with Gasteiger partial charge in [-0.15, -0.1) is 11.3 Å². The van der Waals surface area contributed by atoms with Gasteiger partial charge in [-0.05, 0) is 19.1 Å². The maximum atomic E-state index is 13.5. The second-order valence-electron chi connectivity index (χ2n) is 7.24. The highest BCUT2D eigenvalue weighted by Gasteiger charge is 2.39. The maximum absolute atomic E-state index is 13.5. The smallest absolute Gasteiger partial charge is 0.356 e. The Morgan fingerprint density at radius 2 is 2.29 bits per heavy atom. The van der Waals surface area contributed by atoms with E-state index in [1.54, 1.807) is 23.6 Å². The molecule has 0 aliphatic carbocycles. The van der Waals surface area contributed by atoms with E-state index in [4.69, 9.17) is 22.7 Å². The molecule has 2 aliphatic rings. The third kappa shape index (κ3) is 3.07. The molecule has 142 valence electrons. The van der Waals surface area contributed by atoms with Crippen LogP contribution in [0.3, 0.4) is 0 Å². The second kappa shape index (κ2) is 6.58. The summed E-state index contributed by atoms with van der Waals surface area (Å²) in [6.07, 6.45) is 3.68. The van der Waals surface area contributed by atoms with Crippen LogP contribution in [0.25, 0.3) is 10.6 Å². The summed E-state index contributed by atoms with van der Waals surface area (Å²) in [5, 5.41) is 0.750. The van der Waals surface area contributed by atoms with Gasteiger partial charge in [-0.25, -0.2) is 14.4 Å². The number of fused-ring (bicyclic) bond motifs is 2. The molecule has 0 amide bonds. The fourth-order valence-electron chi connectivity index (χ4n) is 3.81. The molecule has 4 heterocycles. The predicted molar refractivity (Wildman–Crippen MR) is 100 cm³/mol. The van der Waals surface area contributed by atoms with E-state index in [0.29, 0.717) is 11.6 Å². The number of nitrogens with zero attached hydrogens (tertiary/aromatic N) is 4. The fraction of sp³-hybridized carbons (Fsp3) is 0.333. The Bertz CT molecular complexity index is 996. The molecular weight excluding hydrogens is 382 g/mol. The average Bonchev–Trinajstić information content (AvgIpc) is 3.35. The van der Waals surface area contributed by atoms with Crippen LogP contribution in [0.2, 0.25) is 0 Å². The Morgan fingerprint density at radius 3 is 3.07 bits per heavy atom. The van der Waals surface area contributed by atoms with E-state index < -0.39 is 5.82 Å². The van der Waals surface area contributed by atoms with Crippen LogP contribution in [0.5, 0.6) is 11.8 Å². The molecule has 2 aromatic heterocycles. The molecule has 1 atom stereocenters. The first-order valence-corrected chi connectivity index (χ1v) is 9.59. The number of halogens is 1. The van der Waals surface area contributed by atoms with Crippen molar-refractivity contribution in [3.63, 3.8) is 0 Å². The van der Waals surface area contributed by atoms with Gasteiger partial charge in [-0.3, -0.25) is 14.3 Å². The number of imidazole rings is 1. The van der Waals surface area contributed by atoms with Crippen LogP contribution in [0, 0.1) is 5.82 Å². The van der Waals surface area contributed by atoms with E-state index >= 15 is 0 Å². The van der Waals surface area contributed by atoms with Gasteiger partial charge >= 0.3 is 8.05 Å². The summed E-state index contributed by atoms with van der Waals surface area (Å²) in [6.45, 7) is 5.18. The number of aromatic nitrogens is 3. The van der Waals surface area contributed by atoms with E-state index in [1.165, 1.54) is 17.0 Å². The van der Waals surface area contributed by atoms with Gasteiger partial charge in [0.05, 0.1) is 17.8 Å². The third-order valence-corrected chi connectivity index (χ3v) is 6.02. The molecule has 2 radical (unpaired) electrons. The zero-order valence-corrected chi connectivity index (χ0v) is 15.9. The topological polar surface area (TPSA) is 61.6 Å². The molecule has 0 saturated carbocycles. The molecule has 3 aromatic rings. The lowest BCUT2D eigenvalue weighted by Gasteiger charge is -2.28. The van der Waals surface area contributed by atoms with Crippen molar-refractivity contribution in [2.24, 2.45) is 0 Å². The van der Waals surface area contributed by atoms with Crippen LogP contribution in [-0.4, -0.2) is 39.6 Å². The molecule has 0 unspecified atom stereocenters. The Labute approximate surface area is 166 Å². The summed E-state index contributed by atoms with van der Waals surface area (Å²) in [7, 11) is 4.98. The molecule has 28 heavy (non-hydrogen) atoms. The number of hydrogen-bond acceptors (Lipinski definition) is 7. The fourth-order valence-corrected chi connectivity index (χ4v) is 4.95. The molecule has 0 bridgehead atoms. The van der Waals surface area contributed by atoms with Crippen LogP contribution in [0.15, 0.2) is 30.6 Å². The van der Waals surface area contributed by atoms with Crippen LogP contribution >= 0.6 is 11.3 Å². The second-order valence-corrected chi connectivity index (χ2v) is 8.33. The molecule has 0 N–H and O–H groups in total. The number of thiazole rings is 1. The third-order valence-electron chi connectivity index (χ3n) is 4.91. The molecule has 10 heteroatoms. The highest BCUT2D eigenvalue weighted by Crippen LogP contribution is 2.39. The van der Waals surface area contributed by atoms with Gasteiger partial charge in [-0.2, -0.15) is 0 Å². The monoisotopic (exact) mass is 398 g/mol. The van der Waals surface area contributed by atoms with Gasteiger partial charge in [0.25, 0.3) is 6.01 Å². The van der Waals surface area contributed by atoms with E-state index in [9.17, 15) is 4.39 Å². The lowest BCUT2D eigenvalue weighted by molar-refractivity contribution is -0.0927. The largest absolute Gasteiger partial charge is 0.455 e. The van der Waals surface area contributed by atoms with Crippen molar-refractivity contribution in [1.82, 2.24) is 19.4 Å². The van der Waals surface area contributed by atoms with Gasteiger partial charge in [0.2, 0.25) is 0 Å². The normalized spacial score (nSPS) is 20.8. The molecule has 1 aromatic carbocycles. The van der Waals surface area contributed by atoms with E-state index in [1.807, 2.05) is 10.8 Å². The van der Waals surface area contributed by atoms with Crippen molar-refractivity contribution in [3.8, 4) is 22.3 Å². The van der Waals surface area contributed by atoms with Gasteiger partial charge in [0.15, 0.2) is 5.75 Å². The lowest BCUT2D eigenvalue weighted by Crippen LogP contribution is -2.43. The number of rotatable bonds is 5. The molecule has 5 rings (SSSR count). The van der Waals surface area contributed by atoms with Crippen LogP contribution in [0.4, 0.5) is 4.39 Å². The summed E-state index contributed by atoms with van der Waals surface area (Å²) >= 11 is 1.56. The Morgan fingerprint density at radius 1 is 1.39 bits per heavy atom. The zero-order chi connectivity index (χ0) is 19.3. The van der Waals surface area contributed by atoms with Gasteiger partial charge in [0, 0.05) is 43.0 Å². The Kier molecular flexibility index (Phi) is 4.15. The van der Waals surface area contributed by atoms with Crippen molar-refractivity contribution >= 4 is 19.4 Å². The van der Waals surface area contributed by atoms with Gasteiger partial charge < -0.3 is 9.62 Å². The summed E-state index contributed by atoms with van der Waals surface area (Å²) in [5.41, 5.74) is 1.36. The van der Waals surface area contributed by atoms with Crippen molar-refractivity contribution in [1.29, 1.82) is 0 Å². The van der Waals surface area contributed by atoms with Crippen LogP contribution in [-0.2, 0) is 24.4 Å². The van der Waals surface area contributed by atoms with E-state index in [0.717, 1.165) is 36.9 Å². The standard InChI is InChI=1S/C18H16BFN4O3S/c1-18(10-24-5-4-21-17(24)25-18)9-23-7-13-15(8-23)28-16(22-13)12-3-2-11(20)6-14(12)26-27-19/h2-6H,7-10H2,1H3/t18-/m0/s1.